The zero-order valence-electron chi connectivity index (χ0n) is 9.63. The second-order valence-electron chi connectivity index (χ2n) is 4.04. The Bertz CT molecular complexity index is 607. The van der Waals surface area contributed by atoms with E-state index in [-0.39, 0.29) is 12.1 Å². The van der Waals surface area contributed by atoms with E-state index in [1.165, 1.54) is 12.3 Å². The summed E-state index contributed by atoms with van der Waals surface area (Å²) >= 11 is 0. The maximum absolute atomic E-state index is 11.6. The fourth-order valence-corrected chi connectivity index (χ4v) is 1.85. The Hall–Kier alpha value is -2.21. The highest BCUT2D eigenvalue weighted by Crippen LogP contribution is 2.35. The lowest BCUT2D eigenvalue weighted by atomic mass is 9.94. The highest BCUT2D eigenvalue weighted by atomic mass is 16.6. The number of carbonyl (C=O) groups excluding carboxylic acids is 1. The summed E-state index contributed by atoms with van der Waals surface area (Å²) in [7, 11) is 0. The van der Waals surface area contributed by atoms with Crippen LogP contribution in [-0.4, -0.2) is 43.9 Å². The van der Waals surface area contributed by atoms with Gasteiger partial charge in [-0.25, -0.2) is 4.79 Å². The first-order chi connectivity index (χ1) is 8.93. The van der Waals surface area contributed by atoms with E-state index in [9.17, 15) is 19.8 Å². The number of aliphatic hydroxyl groups is 2. The van der Waals surface area contributed by atoms with Gasteiger partial charge in [-0.3, -0.25) is 4.57 Å². The molecule has 2 heterocycles. The van der Waals surface area contributed by atoms with Crippen molar-refractivity contribution < 1.29 is 19.7 Å². The molecule has 4 atom stereocenters. The van der Waals surface area contributed by atoms with Crippen LogP contribution in [-0.2, 0) is 9.53 Å². The van der Waals surface area contributed by atoms with Crippen LogP contribution < -0.4 is 11.4 Å². The van der Waals surface area contributed by atoms with Crippen molar-refractivity contribution in [1.29, 1.82) is 0 Å². The number of nitrogens with two attached hydrogens (primary N) is 1. The third-order valence-corrected chi connectivity index (χ3v) is 2.92. The fraction of sp³-hybridized carbons (Fsp3) is 0.364. The molecule has 0 spiro atoms. The van der Waals surface area contributed by atoms with E-state index in [0.29, 0.717) is 0 Å². The van der Waals surface area contributed by atoms with Gasteiger partial charge in [-0.05, 0) is 6.07 Å². The molecular weight excluding hydrogens is 254 g/mol. The summed E-state index contributed by atoms with van der Waals surface area (Å²) in [6, 6.07) is 1.31. The van der Waals surface area contributed by atoms with E-state index in [0.717, 1.165) is 4.57 Å². The van der Waals surface area contributed by atoms with Crippen molar-refractivity contribution in [2.24, 2.45) is 0 Å². The molecule has 1 saturated heterocycles. The molecule has 1 fully saturated rings. The Balaban J connectivity index is 2.46. The van der Waals surface area contributed by atoms with Crippen LogP contribution in [0.3, 0.4) is 0 Å². The molecule has 1 aromatic rings. The zero-order chi connectivity index (χ0) is 14.2. The second kappa shape index (κ2) is 4.47. The summed E-state index contributed by atoms with van der Waals surface area (Å²) in [5.74, 6) is 1.90. The minimum Gasteiger partial charge on any atom is -0.384 e. The Morgan fingerprint density at radius 1 is 1.68 bits per heavy atom. The van der Waals surface area contributed by atoms with E-state index in [1.807, 2.05) is 5.92 Å². The second-order valence-corrected chi connectivity index (χ2v) is 4.04. The summed E-state index contributed by atoms with van der Waals surface area (Å²) < 4.78 is 6.00. The van der Waals surface area contributed by atoms with Crippen LogP contribution in [0, 0.1) is 12.3 Å². The van der Waals surface area contributed by atoms with Gasteiger partial charge in [0.05, 0.1) is 0 Å². The number of terminal acetylenes is 1. The number of carbonyl (C=O) groups is 1. The first kappa shape index (κ1) is 13.2. The zero-order valence-corrected chi connectivity index (χ0v) is 9.63. The molecule has 0 unspecified atom stereocenters. The number of hydrogen-bond acceptors (Lipinski definition) is 7. The minimum atomic E-state index is -2.20. The van der Waals surface area contributed by atoms with Gasteiger partial charge in [-0.15, -0.1) is 6.42 Å². The number of hydrogen-bond donors (Lipinski definition) is 3. The summed E-state index contributed by atoms with van der Waals surface area (Å²) in [6.07, 6.45) is 2.17. The maximum atomic E-state index is 11.6. The predicted molar refractivity (Wildman–Crippen MR) is 62.7 cm³/mol. The topological polar surface area (TPSA) is 128 Å². The van der Waals surface area contributed by atoms with Crippen molar-refractivity contribution in [2.45, 2.75) is 24.0 Å². The fourth-order valence-electron chi connectivity index (χ4n) is 1.85. The van der Waals surface area contributed by atoms with E-state index in [2.05, 4.69) is 4.98 Å². The van der Waals surface area contributed by atoms with Gasteiger partial charge in [-0.1, -0.05) is 5.92 Å². The van der Waals surface area contributed by atoms with Crippen LogP contribution in [0.2, 0.25) is 0 Å². The molecule has 8 heteroatoms. The van der Waals surface area contributed by atoms with Crippen LogP contribution in [0.4, 0.5) is 5.82 Å². The van der Waals surface area contributed by atoms with Gasteiger partial charge < -0.3 is 25.5 Å². The Kier molecular flexibility index (Phi) is 3.11. The monoisotopic (exact) mass is 265 g/mol. The normalized spacial score (nSPS) is 33.8. The van der Waals surface area contributed by atoms with Crippen LogP contribution in [0.1, 0.15) is 6.23 Å². The van der Waals surface area contributed by atoms with Gasteiger partial charge in [0, 0.05) is 6.20 Å². The summed E-state index contributed by atoms with van der Waals surface area (Å²) in [5.41, 5.74) is 2.33. The third-order valence-electron chi connectivity index (χ3n) is 2.92. The van der Waals surface area contributed by atoms with Gasteiger partial charge in [0.1, 0.15) is 11.9 Å². The van der Waals surface area contributed by atoms with E-state index >= 15 is 0 Å². The maximum Gasteiger partial charge on any atom is 0.351 e. The van der Waals surface area contributed by atoms with E-state index < -0.39 is 29.7 Å². The smallest absolute Gasteiger partial charge is 0.351 e. The number of anilines is 1. The predicted octanol–water partition coefficient (Wildman–Crippen LogP) is -2.35. The lowest BCUT2D eigenvalue weighted by molar-refractivity contribution is -0.125. The SMILES string of the molecule is C#C[C@@]1(O)[C@@H](C=O)O[C@@H](n2ccc(N)nc2=O)[C@@H]1O. The van der Waals surface area contributed by atoms with Crippen molar-refractivity contribution in [2.75, 3.05) is 5.73 Å². The number of nitrogen functional groups attached to an aromatic ring is 1. The van der Waals surface area contributed by atoms with Gasteiger partial charge in [-0.2, -0.15) is 4.98 Å². The number of aldehydes is 1. The third kappa shape index (κ3) is 1.90. The Morgan fingerprint density at radius 3 is 2.84 bits per heavy atom. The van der Waals surface area contributed by atoms with Gasteiger partial charge in [0.2, 0.25) is 0 Å². The first-order valence-corrected chi connectivity index (χ1v) is 5.27. The number of nitrogens with zero attached hydrogens (tertiary/aromatic N) is 2. The molecule has 0 aromatic carbocycles. The minimum absolute atomic E-state index is 0.00659. The molecule has 0 saturated carbocycles. The number of rotatable bonds is 2. The average Bonchev–Trinajstić information content (AvgIpc) is 2.63. The van der Waals surface area contributed by atoms with Gasteiger partial charge >= 0.3 is 5.69 Å². The van der Waals surface area contributed by atoms with Gasteiger partial charge in [0.25, 0.3) is 0 Å². The van der Waals surface area contributed by atoms with E-state index in [4.69, 9.17) is 16.9 Å². The highest BCUT2D eigenvalue weighted by molar-refractivity contribution is 5.61. The van der Waals surface area contributed by atoms with E-state index in [1.54, 1.807) is 0 Å². The van der Waals surface area contributed by atoms with Crippen LogP contribution in [0.5, 0.6) is 0 Å². The Labute approximate surface area is 107 Å². The number of aliphatic hydroxyl groups excluding tert-OH is 1. The average molecular weight is 265 g/mol. The van der Waals surface area contributed by atoms with Crippen molar-refractivity contribution in [3.05, 3.63) is 22.7 Å². The lowest BCUT2D eigenvalue weighted by Crippen LogP contribution is -2.47. The summed E-state index contributed by atoms with van der Waals surface area (Å²) in [5, 5.41) is 20.0. The molecule has 1 aromatic heterocycles. The molecule has 8 nitrogen and oxygen atoms in total. The van der Waals surface area contributed by atoms with Crippen LogP contribution >= 0.6 is 0 Å². The standard InChI is InChI=1S/C11H11N3O5/c1-2-11(18)6(5-15)19-9(8(11)16)14-4-3-7(12)13-10(14)17/h1,3-6,8-9,16,18H,(H2,12,13,17)/t6-,8+,9-,11-/m1/s1. The molecule has 2 rings (SSSR count). The van der Waals surface area contributed by atoms with Crippen molar-refractivity contribution in [1.82, 2.24) is 9.55 Å². The molecule has 0 amide bonds. The molecule has 1 aliphatic heterocycles. The molecule has 0 bridgehead atoms. The summed E-state index contributed by atoms with van der Waals surface area (Å²) in [6.45, 7) is 0. The number of aromatic nitrogens is 2. The molecule has 0 radical (unpaired) electrons. The van der Waals surface area contributed by atoms with Gasteiger partial charge in [0.15, 0.2) is 24.2 Å². The van der Waals surface area contributed by atoms with Crippen molar-refractivity contribution in [3.63, 3.8) is 0 Å². The molecule has 0 aliphatic carbocycles. The largest absolute Gasteiger partial charge is 0.384 e. The highest BCUT2D eigenvalue weighted by Gasteiger charge is 2.55. The first-order valence-electron chi connectivity index (χ1n) is 5.27. The summed E-state index contributed by atoms with van der Waals surface area (Å²) in [4.78, 5) is 25.9. The molecule has 4 N–H and O–H groups in total. The number of ether oxygens (including phenoxy) is 1. The Morgan fingerprint density at radius 2 is 2.37 bits per heavy atom. The van der Waals surface area contributed by atoms with Crippen LogP contribution in [0.15, 0.2) is 17.1 Å². The van der Waals surface area contributed by atoms with Crippen molar-refractivity contribution in [3.8, 4) is 12.3 Å². The molecular formula is C11H11N3O5. The molecule has 1 aliphatic rings. The quantitative estimate of drug-likeness (QED) is 0.403. The molecule has 19 heavy (non-hydrogen) atoms. The van der Waals surface area contributed by atoms with Crippen LogP contribution in [0.25, 0.3) is 0 Å². The lowest BCUT2D eigenvalue weighted by Gasteiger charge is -2.22. The molecule has 100 valence electrons. The van der Waals surface area contributed by atoms with Crippen molar-refractivity contribution >= 4 is 12.1 Å².